The summed E-state index contributed by atoms with van der Waals surface area (Å²) < 4.78 is 0. The number of nitrogens with one attached hydrogen (secondary N) is 2. The third-order valence-corrected chi connectivity index (χ3v) is 4.31. The fraction of sp³-hybridized carbons (Fsp3) is 0.429. The van der Waals surface area contributed by atoms with E-state index in [1.54, 1.807) is 11.3 Å². The van der Waals surface area contributed by atoms with Crippen molar-refractivity contribution in [2.45, 2.75) is 25.8 Å². The van der Waals surface area contributed by atoms with Gasteiger partial charge in [0.05, 0.1) is 0 Å². The van der Waals surface area contributed by atoms with Crippen molar-refractivity contribution in [1.29, 1.82) is 0 Å². The van der Waals surface area contributed by atoms with Gasteiger partial charge in [-0.1, -0.05) is 0 Å². The predicted molar refractivity (Wildman–Crippen MR) is 80.3 cm³/mol. The second-order valence-electron chi connectivity index (χ2n) is 5.16. The smallest absolute Gasteiger partial charge is 0.252 e. The van der Waals surface area contributed by atoms with Crippen LogP contribution in [0.4, 0.5) is 5.82 Å². The van der Waals surface area contributed by atoms with Crippen molar-refractivity contribution < 1.29 is 4.79 Å². The molecular formula is C14H18N4OS. The molecule has 0 bridgehead atoms. The molecule has 1 aliphatic heterocycles. The number of aromatic amines is 1. The molecule has 0 saturated carbocycles. The van der Waals surface area contributed by atoms with Crippen molar-refractivity contribution in [2.24, 2.45) is 0 Å². The Morgan fingerprint density at radius 3 is 2.90 bits per heavy atom. The molecule has 0 radical (unpaired) electrons. The average Bonchev–Trinajstić information content (AvgIpc) is 3.10. The van der Waals surface area contributed by atoms with Crippen LogP contribution in [0.3, 0.4) is 0 Å². The van der Waals surface area contributed by atoms with Crippen LogP contribution in [0.1, 0.15) is 28.9 Å². The third kappa shape index (κ3) is 2.85. The van der Waals surface area contributed by atoms with Crippen LogP contribution in [-0.4, -0.2) is 35.2 Å². The molecule has 5 nitrogen and oxygen atoms in total. The Kier molecular flexibility index (Phi) is 3.73. The van der Waals surface area contributed by atoms with Crippen LogP contribution in [-0.2, 0) is 0 Å². The second kappa shape index (κ2) is 5.66. The Labute approximate surface area is 122 Å². The molecule has 3 rings (SSSR count). The van der Waals surface area contributed by atoms with E-state index >= 15 is 0 Å². The number of hydrogen-bond acceptors (Lipinski definition) is 4. The fourth-order valence-corrected chi connectivity index (χ4v) is 3.12. The standard InChI is InChI=1S/C14H18N4OS/c1-10-8-13(17-16-10)18-5-2-12(3-6-18)15-14(19)11-4-7-20-9-11/h4,7-9,12H,2-3,5-6H2,1H3,(H,15,19)(H,16,17). The lowest BCUT2D eigenvalue weighted by Crippen LogP contribution is -2.44. The van der Waals surface area contributed by atoms with Gasteiger partial charge in [-0.15, -0.1) is 0 Å². The molecular weight excluding hydrogens is 272 g/mol. The van der Waals surface area contributed by atoms with Crippen LogP contribution in [0, 0.1) is 6.92 Å². The van der Waals surface area contributed by atoms with Gasteiger partial charge < -0.3 is 10.2 Å². The number of anilines is 1. The molecule has 0 atom stereocenters. The molecule has 2 aromatic rings. The minimum absolute atomic E-state index is 0.0420. The summed E-state index contributed by atoms with van der Waals surface area (Å²) in [6, 6.07) is 4.19. The van der Waals surface area contributed by atoms with E-state index in [9.17, 15) is 4.79 Å². The number of nitrogens with zero attached hydrogens (tertiary/aromatic N) is 2. The zero-order valence-electron chi connectivity index (χ0n) is 11.4. The van der Waals surface area contributed by atoms with E-state index < -0.39 is 0 Å². The van der Waals surface area contributed by atoms with E-state index in [1.165, 1.54) is 0 Å². The van der Waals surface area contributed by atoms with Crippen LogP contribution >= 0.6 is 11.3 Å². The topological polar surface area (TPSA) is 61.0 Å². The maximum absolute atomic E-state index is 12.0. The monoisotopic (exact) mass is 290 g/mol. The normalized spacial score (nSPS) is 16.4. The highest BCUT2D eigenvalue weighted by atomic mass is 32.1. The van der Waals surface area contributed by atoms with E-state index in [-0.39, 0.29) is 11.9 Å². The Hall–Kier alpha value is -1.82. The quantitative estimate of drug-likeness (QED) is 0.911. The van der Waals surface area contributed by atoms with Crippen molar-refractivity contribution in [3.63, 3.8) is 0 Å². The van der Waals surface area contributed by atoms with Gasteiger partial charge in [0.2, 0.25) is 0 Å². The van der Waals surface area contributed by atoms with Crippen LogP contribution in [0.5, 0.6) is 0 Å². The first-order valence-electron chi connectivity index (χ1n) is 6.82. The summed E-state index contributed by atoms with van der Waals surface area (Å²) in [5.74, 6) is 1.05. The lowest BCUT2D eigenvalue weighted by molar-refractivity contribution is 0.0931. The van der Waals surface area contributed by atoms with E-state index in [1.807, 2.05) is 23.8 Å². The lowest BCUT2D eigenvalue weighted by atomic mass is 10.0. The molecule has 20 heavy (non-hydrogen) atoms. The summed E-state index contributed by atoms with van der Waals surface area (Å²) in [5.41, 5.74) is 1.84. The minimum atomic E-state index is 0.0420. The number of carbonyl (C=O) groups excluding carboxylic acids is 1. The molecule has 0 spiro atoms. The molecule has 3 heterocycles. The summed E-state index contributed by atoms with van der Waals surface area (Å²) in [5, 5.41) is 14.2. The van der Waals surface area contributed by atoms with E-state index in [0.717, 1.165) is 43.0 Å². The molecule has 0 unspecified atom stereocenters. The number of carbonyl (C=O) groups is 1. The molecule has 2 aromatic heterocycles. The summed E-state index contributed by atoms with van der Waals surface area (Å²) in [4.78, 5) is 14.3. The van der Waals surface area contributed by atoms with Crippen LogP contribution < -0.4 is 10.2 Å². The van der Waals surface area contributed by atoms with Crippen molar-refractivity contribution in [2.75, 3.05) is 18.0 Å². The van der Waals surface area contributed by atoms with Crippen LogP contribution in [0.15, 0.2) is 22.9 Å². The number of aryl methyl sites for hydroxylation is 1. The summed E-state index contributed by atoms with van der Waals surface area (Å²) in [6.07, 6.45) is 1.92. The van der Waals surface area contributed by atoms with Crippen molar-refractivity contribution in [3.05, 3.63) is 34.2 Å². The minimum Gasteiger partial charge on any atom is -0.355 e. The Morgan fingerprint density at radius 1 is 1.50 bits per heavy atom. The van der Waals surface area contributed by atoms with Gasteiger partial charge in [0.15, 0.2) is 5.82 Å². The molecule has 1 aliphatic rings. The van der Waals surface area contributed by atoms with Gasteiger partial charge in [-0.2, -0.15) is 16.4 Å². The van der Waals surface area contributed by atoms with E-state index in [0.29, 0.717) is 0 Å². The first-order valence-corrected chi connectivity index (χ1v) is 7.76. The van der Waals surface area contributed by atoms with Crippen molar-refractivity contribution in [1.82, 2.24) is 15.5 Å². The zero-order valence-corrected chi connectivity index (χ0v) is 12.2. The van der Waals surface area contributed by atoms with Gasteiger partial charge in [-0.25, -0.2) is 0 Å². The fourth-order valence-electron chi connectivity index (χ4n) is 2.48. The molecule has 1 saturated heterocycles. The number of amides is 1. The average molecular weight is 290 g/mol. The number of aromatic nitrogens is 2. The SMILES string of the molecule is Cc1cc(N2CCC(NC(=O)c3ccsc3)CC2)n[nH]1. The highest BCUT2D eigenvalue weighted by Gasteiger charge is 2.22. The highest BCUT2D eigenvalue weighted by Crippen LogP contribution is 2.18. The molecule has 1 fully saturated rings. The Balaban J connectivity index is 1.52. The summed E-state index contributed by atoms with van der Waals surface area (Å²) >= 11 is 1.55. The zero-order chi connectivity index (χ0) is 13.9. The maximum Gasteiger partial charge on any atom is 0.252 e. The van der Waals surface area contributed by atoms with E-state index in [2.05, 4.69) is 26.5 Å². The molecule has 6 heteroatoms. The van der Waals surface area contributed by atoms with Crippen LogP contribution in [0.2, 0.25) is 0 Å². The van der Waals surface area contributed by atoms with Gasteiger partial charge in [-0.3, -0.25) is 9.89 Å². The van der Waals surface area contributed by atoms with Gasteiger partial charge in [0.25, 0.3) is 5.91 Å². The Bertz CT molecular complexity index is 570. The predicted octanol–water partition coefficient (Wildman–Crippen LogP) is 2.18. The van der Waals surface area contributed by atoms with Crippen molar-refractivity contribution >= 4 is 23.1 Å². The first-order chi connectivity index (χ1) is 9.72. The van der Waals surface area contributed by atoms with Gasteiger partial charge in [-0.05, 0) is 31.2 Å². The van der Waals surface area contributed by atoms with Gasteiger partial charge >= 0.3 is 0 Å². The number of rotatable bonds is 3. The van der Waals surface area contributed by atoms with Gasteiger partial charge in [0.1, 0.15) is 0 Å². The molecule has 2 N–H and O–H groups in total. The number of hydrogen-bond donors (Lipinski definition) is 2. The largest absolute Gasteiger partial charge is 0.355 e. The second-order valence-corrected chi connectivity index (χ2v) is 5.94. The molecule has 0 aromatic carbocycles. The molecule has 0 aliphatic carbocycles. The molecule has 1 amide bonds. The van der Waals surface area contributed by atoms with Crippen molar-refractivity contribution in [3.8, 4) is 0 Å². The van der Waals surface area contributed by atoms with E-state index in [4.69, 9.17) is 0 Å². The third-order valence-electron chi connectivity index (χ3n) is 3.63. The lowest BCUT2D eigenvalue weighted by Gasteiger charge is -2.32. The number of thiophene rings is 1. The van der Waals surface area contributed by atoms with Gasteiger partial charge in [0, 0.05) is 41.8 Å². The summed E-state index contributed by atoms with van der Waals surface area (Å²) in [7, 11) is 0. The first kappa shape index (κ1) is 13.2. The molecule has 106 valence electrons. The summed E-state index contributed by atoms with van der Waals surface area (Å²) in [6.45, 7) is 3.86. The van der Waals surface area contributed by atoms with Crippen LogP contribution in [0.25, 0.3) is 0 Å². The highest BCUT2D eigenvalue weighted by molar-refractivity contribution is 7.08. The Morgan fingerprint density at radius 2 is 2.30 bits per heavy atom. The maximum atomic E-state index is 12.0. The number of piperidine rings is 1. The number of H-pyrrole nitrogens is 1.